The first kappa shape index (κ1) is 23.7. The second kappa shape index (κ2) is 11.1. The number of methoxy groups -OCH3 is 1. The summed E-state index contributed by atoms with van der Waals surface area (Å²) in [5, 5.41) is 13.3. The summed E-state index contributed by atoms with van der Waals surface area (Å²) < 4.78 is 10.1. The Morgan fingerprint density at radius 2 is 2.19 bits per heavy atom. The van der Waals surface area contributed by atoms with Gasteiger partial charge < -0.3 is 24.8 Å². The van der Waals surface area contributed by atoms with E-state index in [1.54, 1.807) is 26.2 Å². The lowest BCUT2D eigenvalue weighted by Crippen LogP contribution is -2.33. The highest BCUT2D eigenvalue weighted by molar-refractivity contribution is 6.32. The summed E-state index contributed by atoms with van der Waals surface area (Å²) in [6.07, 6.45) is 2.78. The van der Waals surface area contributed by atoms with Gasteiger partial charge in [0, 0.05) is 19.3 Å². The van der Waals surface area contributed by atoms with E-state index in [0.29, 0.717) is 29.1 Å². The molecule has 2 aromatic rings. The zero-order valence-corrected chi connectivity index (χ0v) is 18.9. The van der Waals surface area contributed by atoms with Gasteiger partial charge in [0.1, 0.15) is 18.0 Å². The van der Waals surface area contributed by atoms with E-state index in [2.05, 4.69) is 15.3 Å². The van der Waals surface area contributed by atoms with E-state index in [0.717, 1.165) is 24.9 Å². The lowest BCUT2D eigenvalue weighted by Gasteiger charge is -2.24. The molecule has 10 heteroatoms. The third-order valence-electron chi connectivity index (χ3n) is 5.21. The molecule has 2 heterocycles. The van der Waals surface area contributed by atoms with Crippen molar-refractivity contribution in [3.8, 4) is 5.75 Å². The second-order valence-corrected chi connectivity index (χ2v) is 7.74. The smallest absolute Gasteiger partial charge is 0.313 e. The summed E-state index contributed by atoms with van der Waals surface area (Å²) in [6, 6.07) is 5.30. The quantitative estimate of drug-likeness (QED) is 0.312. The van der Waals surface area contributed by atoms with Crippen LogP contribution in [-0.2, 0) is 16.1 Å². The fourth-order valence-electron chi connectivity index (χ4n) is 3.58. The average Bonchev–Trinajstić information content (AvgIpc) is 3.26. The molecule has 1 saturated heterocycles. The molecule has 1 aliphatic heterocycles. The molecule has 1 aromatic carbocycles. The van der Waals surface area contributed by atoms with Gasteiger partial charge in [-0.2, -0.15) is 4.98 Å². The first-order valence-electron chi connectivity index (χ1n) is 10.5. The average molecular weight is 463 g/mol. The van der Waals surface area contributed by atoms with Crippen LogP contribution in [0.3, 0.4) is 0 Å². The van der Waals surface area contributed by atoms with Crippen LogP contribution in [0.1, 0.15) is 42.1 Å². The van der Waals surface area contributed by atoms with Crippen molar-refractivity contribution < 1.29 is 24.2 Å². The van der Waals surface area contributed by atoms with Gasteiger partial charge in [-0.05, 0) is 37.5 Å². The highest BCUT2D eigenvalue weighted by atomic mass is 35.5. The summed E-state index contributed by atoms with van der Waals surface area (Å²) in [5.41, 5.74) is 1.05. The monoisotopic (exact) mass is 462 g/mol. The third kappa shape index (κ3) is 5.66. The molecular formula is C22H27ClN4O5. The number of carbonyl (C=O) groups excluding carboxylic acids is 2. The third-order valence-corrected chi connectivity index (χ3v) is 5.50. The Hall–Kier alpha value is -2.91. The molecule has 0 amide bonds. The van der Waals surface area contributed by atoms with E-state index < -0.39 is 18.2 Å². The highest BCUT2D eigenvalue weighted by Crippen LogP contribution is 2.27. The van der Waals surface area contributed by atoms with E-state index in [1.165, 1.54) is 6.20 Å². The van der Waals surface area contributed by atoms with Crippen LogP contribution in [0.15, 0.2) is 24.4 Å². The first-order chi connectivity index (χ1) is 15.5. The van der Waals surface area contributed by atoms with Gasteiger partial charge in [0.2, 0.25) is 5.95 Å². The van der Waals surface area contributed by atoms with Crippen molar-refractivity contribution in [1.29, 1.82) is 0 Å². The van der Waals surface area contributed by atoms with E-state index in [4.69, 9.17) is 21.1 Å². The fourth-order valence-corrected chi connectivity index (χ4v) is 3.86. The number of aliphatic hydroxyl groups excluding tert-OH is 1. The van der Waals surface area contributed by atoms with E-state index >= 15 is 0 Å². The van der Waals surface area contributed by atoms with E-state index in [-0.39, 0.29) is 24.8 Å². The number of carbonyl (C=O) groups is 2. The molecule has 1 aromatic heterocycles. The van der Waals surface area contributed by atoms with Gasteiger partial charge in [-0.1, -0.05) is 17.7 Å². The number of Topliss-reactive ketones (excluding diaryl/α,β-unsaturated/α-hetero) is 1. The number of aromatic nitrogens is 2. The minimum Gasteiger partial charge on any atom is -0.495 e. The lowest BCUT2D eigenvalue weighted by molar-refractivity contribution is -0.141. The molecule has 0 aliphatic carbocycles. The van der Waals surface area contributed by atoms with Gasteiger partial charge in [-0.25, -0.2) is 4.98 Å². The summed E-state index contributed by atoms with van der Waals surface area (Å²) >= 11 is 6.21. The molecular weight excluding hydrogens is 436 g/mol. The zero-order chi connectivity index (χ0) is 23.1. The Morgan fingerprint density at radius 1 is 1.38 bits per heavy atom. The lowest BCUT2D eigenvalue weighted by atomic mass is 10.1. The normalized spacial score (nSPS) is 15.5. The van der Waals surface area contributed by atoms with Crippen LogP contribution >= 0.6 is 11.6 Å². The number of hydrogen-bond donors (Lipinski definition) is 2. The van der Waals surface area contributed by atoms with Crippen LogP contribution in [0.4, 0.5) is 11.8 Å². The highest BCUT2D eigenvalue weighted by Gasteiger charge is 2.27. The predicted octanol–water partition coefficient (Wildman–Crippen LogP) is 2.85. The minimum atomic E-state index is -0.602. The van der Waals surface area contributed by atoms with Crippen LogP contribution in [-0.4, -0.2) is 59.7 Å². The van der Waals surface area contributed by atoms with Crippen molar-refractivity contribution in [3.05, 3.63) is 40.5 Å². The van der Waals surface area contributed by atoms with Crippen molar-refractivity contribution in [2.45, 2.75) is 38.8 Å². The van der Waals surface area contributed by atoms with Crippen molar-refractivity contribution in [1.82, 2.24) is 9.97 Å². The Labute approximate surface area is 191 Å². The molecule has 172 valence electrons. The zero-order valence-electron chi connectivity index (χ0n) is 18.1. The Kier molecular flexibility index (Phi) is 8.24. The van der Waals surface area contributed by atoms with E-state index in [1.807, 2.05) is 11.0 Å². The number of ketones is 1. The van der Waals surface area contributed by atoms with E-state index in [9.17, 15) is 14.7 Å². The number of esters is 1. The first-order valence-corrected chi connectivity index (χ1v) is 10.8. The number of hydrogen-bond acceptors (Lipinski definition) is 9. The summed E-state index contributed by atoms with van der Waals surface area (Å²) in [6.45, 7) is 2.93. The van der Waals surface area contributed by atoms with Gasteiger partial charge >= 0.3 is 5.97 Å². The number of aliphatic hydroxyl groups is 1. The van der Waals surface area contributed by atoms with Gasteiger partial charge in [0.05, 0.1) is 37.0 Å². The Balaban J connectivity index is 1.86. The topological polar surface area (TPSA) is 114 Å². The molecule has 1 unspecified atom stereocenters. The summed E-state index contributed by atoms with van der Waals surface area (Å²) in [7, 11) is 1.54. The molecule has 0 radical (unpaired) electrons. The van der Waals surface area contributed by atoms with Crippen molar-refractivity contribution >= 4 is 35.1 Å². The largest absolute Gasteiger partial charge is 0.495 e. The molecule has 0 saturated carbocycles. The molecule has 9 nitrogen and oxygen atoms in total. The van der Waals surface area contributed by atoms with Crippen LogP contribution in [0.25, 0.3) is 0 Å². The second-order valence-electron chi connectivity index (χ2n) is 7.33. The standard InChI is InChI=1S/C22H27ClN4O5/c1-3-32-20(30)10-18(29)16-12-25-22(27-8-4-5-15(27)13-28)26-21(16)24-11-14-6-7-19(31-2)17(23)9-14/h6-7,9,12,15,28H,3-5,8,10-11,13H2,1-2H3,(H,24,25,26). The van der Waals surface area contributed by atoms with Crippen LogP contribution < -0.4 is 15.0 Å². The number of rotatable bonds is 10. The summed E-state index contributed by atoms with van der Waals surface area (Å²) in [5.74, 6) is 0.248. The number of nitrogens with one attached hydrogen (secondary N) is 1. The molecule has 32 heavy (non-hydrogen) atoms. The number of halogens is 1. The molecule has 1 aliphatic rings. The van der Waals surface area contributed by atoms with Gasteiger partial charge in [-0.15, -0.1) is 0 Å². The predicted molar refractivity (Wildman–Crippen MR) is 120 cm³/mol. The van der Waals surface area contributed by atoms with Gasteiger partial charge in [0.15, 0.2) is 5.78 Å². The van der Waals surface area contributed by atoms with Gasteiger partial charge in [-0.3, -0.25) is 9.59 Å². The van der Waals surface area contributed by atoms with Crippen LogP contribution in [0, 0.1) is 0 Å². The maximum absolute atomic E-state index is 12.7. The van der Waals surface area contributed by atoms with Crippen LogP contribution in [0.5, 0.6) is 5.75 Å². The molecule has 1 fully saturated rings. The van der Waals surface area contributed by atoms with Crippen molar-refractivity contribution in [3.63, 3.8) is 0 Å². The maximum atomic E-state index is 12.7. The van der Waals surface area contributed by atoms with Gasteiger partial charge in [0.25, 0.3) is 0 Å². The van der Waals surface area contributed by atoms with Crippen LogP contribution in [0.2, 0.25) is 5.02 Å². The number of ether oxygens (including phenoxy) is 2. The number of nitrogens with zero attached hydrogens (tertiary/aromatic N) is 3. The number of anilines is 2. The van der Waals surface area contributed by atoms with Crippen molar-refractivity contribution in [2.24, 2.45) is 0 Å². The molecule has 3 rings (SSSR count). The SMILES string of the molecule is CCOC(=O)CC(=O)c1cnc(N2CCCC2CO)nc1NCc1ccc(OC)c(Cl)c1. The molecule has 0 bridgehead atoms. The maximum Gasteiger partial charge on any atom is 0.313 e. The van der Waals surface area contributed by atoms with Crippen molar-refractivity contribution in [2.75, 3.05) is 37.1 Å². The number of benzene rings is 1. The minimum absolute atomic E-state index is 0.00000956. The fraction of sp³-hybridized carbons (Fsp3) is 0.455. The Morgan fingerprint density at radius 3 is 2.88 bits per heavy atom. The Bertz CT molecular complexity index is 971. The molecule has 2 N–H and O–H groups in total. The summed E-state index contributed by atoms with van der Waals surface area (Å²) in [4.78, 5) is 35.4. The molecule has 0 spiro atoms. The molecule has 1 atom stereocenters.